The minimum atomic E-state index is 1.02. The second-order valence-corrected chi connectivity index (χ2v) is 12.9. The molecule has 9 rings (SSSR count). The number of hydrogen-bond donors (Lipinski definition) is 0. The summed E-state index contributed by atoms with van der Waals surface area (Å²) in [6.07, 6.45) is 11.6. The number of fused-ring (bicyclic) bond motifs is 6. The van der Waals surface area contributed by atoms with E-state index in [1.807, 2.05) is 19.1 Å². The van der Waals surface area contributed by atoms with Crippen LogP contribution in [0.25, 0.3) is 82.8 Å². The van der Waals surface area contributed by atoms with Crippen molar-refractivity contribution in [1.82, 2.24) is 9.13 Å². The second kappa shape index (κ2) is 12.6. The fourth-order valence-corrected chi connectivity index (χ4v) is 7.64. The lowest BCUT2D eigenvalue weighted by atomic mass is 10.0. The number of para-hydroxylation sites is 2. The summed E-state index contributed by atoms with van der Waals surface area (Å²) >= 11 is 0. The molecule has 51 heavy (non-hydrogen) atoms. The van der Waals surface area contributed by atoms with Gasteiger partial charge >= 0.3 is 0 Å². The summed E-state index contributed by atoms with van der Waals surface area (Å²) in [7, 11) is 0. The smallest absolute Gasteiger partial charge is 0.0541 e. The van der Waals surface area contributed by atoms with E-state index in [1.165, 1.54) is 65.9 Å². The lowest BCUT2D eigenvalue weighted by Gasteiger charge is -2.11. The SMILES string of the molecule is C#C/C=C(\C=C/C)c1cccc(-n2c3ccccc3c3cc(-c4ccc5c(c4)c4ccccc4n5-c4cccc(-c5ccccc5)c4)ccc32)c1. The fourth-order valence-electron chi connectivity index (χ4n) is 7.64. The van der Waals surface area contributed by atoms with Crippen LogP contribution in [0.5, 0.6) is 0 Å². The monoisotopic (exact) mass is 650 g/mol. The Bertz CT molecular complexity index is 2870. The molecule has 0 saturated heterocycles. The van der Waals surface area contributed by atoms with Crippen molar-refractivity contribution in [3.63, 3.8) is 0 Å². The number of benzene rings is 7. The maximum Gasteiger partial charge on any atom is 0.0541 e. The summed E-state index contributed by atoms with van der Waals surface area (Å²) in [6.45, 7) is 2.01. The average Bonchev–Trinajstić information content (AvgIpc) is 3.70. The van der Waals surface area contributed by atoms with E-state index in [4.69, 9.17) is 6.42 Å². The molecule has 0 radical (unpaired) electrons. The molecule has 0 bridgehead atoms. The fraction of sp³-hybridized carbons (Fsp3) is 0.0204. The van der Waals surface area contributed by atoms with Gasteiger partial charge in [-0.1, -0.05) is 121 Å². The standard InChI is InChI=1S/C49H34N2/c1-3-14-34(15-4-2)36-18-12-20-40(30-36)50-46-24-10-8-22-42(46)44-32-38(26-28-48(44)50)39-27-29-49-45(33-39)43-23-9-11-25-47(43)51(49)41-21-13-19-37(31-41)35-16-6-5-7-17-35/h1,4-33H,2H3/b15-4-,34-14+. The first-order valence-corrected chi connectivity index (χ1v) is 17.3. The van der Waals surface area contributed by atoms with Crippen LogP contribution in [0, 0.1) is 12.3 Å². The van der Waals surface area contributed by atoms with Crippen molar-refractivity contribution in [1.29, 1.82) is 0 Å². The van der Waals surface area contributed by atoms with Crippen molar-refractivity contribution in [2.45, 2.75) is 6.92 Å². The van der Waals surface area contributed by atoms with Crippen LogP contribution in [0.1, 0.15) is 12.5 Å². The first-order chi connectivity index (χ1) is 25.2. The van der Waals surface area contributed by atoms with Crippen molar-refractivity contribution < 1.29 is 0 Å². The molecule has 0 spiro atoms. The Morgan fingerprint density at radius 2 is 0.980 bits per heavy atom. The Kier molecular flexibility index (Phi) is 7.46. The van der Waals surface area contributed by atoms with E-state index in [-0.39, 0.29) is 0 Å². The molecule has 0 aliphatic rings. The van der Waals surface area contributed by atoms with Gasteiger partial charge in [-0.15, -0.1) is 6.42 Å². The van der Waals surface area contributed by atoms with E-state index >= 15 is 0 Å². The van der Waals surface area contributed by atoms with E-state index in [9.17, 15) is 0 Å². The van der Waals surface area contributed by atoms with Crippen molar-refractivity contribution in [2.75, 3.05) is 0 Å². The van der Waals surface area contributed by atoms with Crippen molar-refractivity contribution in [3.8, 4) is 46.0 Å². The molecular weight excluding hydrogens is 617 g/mol. The number of hydrogen-bond acceptors (Lipinski definition) is 0. The summed E-state index contributed by atoms with van der Waals surface area (Å²) in [4.78, 5) is 0. The molecule has 0 amide bonds. The molecule has 2 heteroatoms. The molecule has 0 fully saturated rings. The van der Waals surface area contributed by atoms with Gasteiger partial charge in [0.05, 0.1) is 22.1 Å². The summed E-state index contributed by atoms with van der Waals surface area (Å²) in [5.74, 6) is 2.70. The lowest BCUT2D eigenvalue weighted by molar-refractivity contribution is 1.18. The van der Waals surface area contributed by atoms with Crippen molar-refractivity contribution in [2.24, 2.45) is 0 Å². The summed E-state index contributed by atoms with van der Waals surface area (Å²) in [6, 6.07) is 59.3. The van der Waals surface area contributed by atoms with E-state index < -0.39 is 0 Å². The van der Waals surface area contributed by atoms with Crippen LogP contribution in [0.4, 0.5) is 0 Å². The van der Waals surface area contributed by atoms with Crippen LogP contribution < -0.4 is 0 Å². The third-order valence-corrected chi connectivity index (χ3v) is 9.91. The molecule has 2 nitrogen and oxygen atoms in total. The van der Waals surface area contributed by atoms with Crippen molar-refractivity contribution >= 4 is 49.2 Å². The van der Waals surface area contributed by atoms with Crippen LogP contribution in [-0.2, 0) is 0 Å². The van der Waals surface area contributed by atoms with Crippen LogP contribution in [-0.4, -0.2) is 9.13 Å². The van der Waals surface area contributed by atoms with Gasteiger partial charge in [-0.2, -0.15) is 0 Å². The zero-order chi connectivity index (χ0) is 34.3. The molecule has 0 aliphatic carbocycles. The van der Waals surface area contributed by atoms with Gasteiger partial charge in [0.25, 0.3) is 0 Å². The van der Waals surface area contributed by atoms with Gasteiger partial charge in [-0.25, -0.2) is 0 Å². The Balaban J connectivity index is 1.19. The molecule has 7 aromatic carbocycles. The first-order valence-electron chi connectivity index (χ1n) is 17.3. The maximum atomic E-state index is 5.69. The average molecular weight is 651 g/mol. The molecule has 2 heterocycles. The molecule has 2 aromatic heterocycles. The van der Waals surface area contributed by atoms with E-state index in [1.54, 1.807) is 0 Å². The van der Waals surface area contributed by atoms with Gasteiger partial charge in [0.1, 0.15) is 0 Å². The number of aromatic nitrogens is 2. The van der Waals surface area contributed by atoms with Gasteiger partial charge in [-0.05, 0) is 107 Å². The molecule has 0 unspecified atom stereocenters. The third kappa shape index (κ3) is 5.16. The Morgan fingerprint density at radius 3 is 1.59 bits per heavy atom. The second-order valence-electron chi connectivity index (χ2n) is 12.9. The highest BCUT2D eigenvalue weighted by Crippen LogP contribution is 2.39. The minimum Gasteiger partial charge on any atom is -0.309 e. The van der Waals surface area contributed by atoms with E-state index in [0.29, 0.717) is 0 Å². The minimum absolute atomic E-state index is 1.02. The van der Waals surface area contributed by atoms with Gasteiger partial charge in [0.15, 0.2) is 0 Å². The largest absolute Gasteiger partial charge is 0.309 e. The lowest BCUT2D eigenvalue weighted by Crippen LogP contribution is -1.95. The predicted octanol–water partition coefficient (Wildman–Crippen LogP) is 12.8. The van der Waals surface area contributed by atoms with E-state index in [0.717, 1.165) is 22.5 Å². The van der Waals surface area contributed by atoms with E-state index in [2.05, 4.69) is 185 Å². The molecule has 0 aliphatic heterocycles. The van der Waals surface area contributed by atoms with Crippen LogP contribution in [0.15, 0.2) is 182 Å². The highest BCUT2D eigenvalue weighted by molar-refractivity contribution is 6.12. The molecule has 0 saturated carbocycles. The summed E-state index contributed by atoms with van der Waals surface area (Å²) < 4.78 is 4.76. The molecule has 0 N–H and O–H groups in total. The van der Waals surface area contributed by atoms with Crippen LogP contribution >= 0.6 is 0 Å². The number of nitrogens with zero attached hydrogens (tertiary/aromatic N) is 2. The summed E-state index contributed by atoms with van der Waals surface area (Å²) in [5.41, 5.74) is 13.9. The number of rotatable bonds is 6. The topological polar surface area (TPSA) is 9.86 Å². The molecular formula is C49H34N2. The molecule has 9 aromatic rings. The molecule has 240 valence electrons. The maximum absolute atomic E-state index is 5.69. The quantitative estimate of drug-likeness (QED) is 0.125. The molecule has 0 atom stereocenters. The van der Waals surface area contributed by atoms with Gasteiger partial charge in [0, 0.05) is 32.9 Å². The van der Waals surface area contributed by atoms with Gasteiger partial charge in [-0.3, -0.25) is 0 Å². The normalized spacial score (nSPS) is 12.0. The highest BCUT2D eigenvalue weighted by Gasteiger charge is 2.16. The van der Waals surface area contributed by atoms with Gasteiger partial charge in [0.2, 0.25) is 0 Å². The summed E-state index contributed by atoms with van der Waals surface area (Å²) in [5, 5.41) is 4.93. The number of terminal acetylenes is 1. The Hall–Kier alpha value is -6.82. The highest BCUT2D eigenvalue weighted by atomic mass is 15.0. The number of allylic oxidation sites excluding steroid dienone is 4. The zero-order valence-electron chi connectivity index (χ0n) is 28.3. The Labute approximate surface area is 297 Å². The first kappa shape index (κ1) is 30.3. The van der Waals surface area contributed by atoms with Crippen LogP contribution in [0.2, 0.25) is 0 Å². The van der Waals surface area contributed by atoms with Crippen molar-refractivity contribution in [3.05, 3.63) is 188 Å². The Morgan fingerprint density at radius 1 is 0.471 bits per heavy atom. The zero-order valence-corrected chi connectivity index (χ0v) is 28.3. The predicted molar refractivity (Wildman–Crippen MR) is 218 cm³/mol. The third-order valence-electron chi connectivity index (χ3n) is 9.91. The van der Waals surface area contributed by atoms with Crippen LogP contribution in [0.3, 0.4) is 0 Å². The van der Waals surface area contributed by atoms with Gasteiger partial charge < -0.3 is 9.13 Å².